The lowest BCUT2D eigenvalue weighted by molar-refractivity contribution is 0.282. The Balaban J connectivity index is 2.24. The highest BCUT2D eigenvalue weighted by molar-refractivity contribution is 5.30. The third-order valence-corrected chi connectivity index (χ3v) is 2.34. The maximum atomic E-state index is 8.94. The second-order valence-corrected chi connectivity index (χ2v) is 3.47. The maximum Gasteiger partial charge on any atom is 0.145 e. The van der Waals surface area contributed by atoms with Crippen molar-refractivity contribution >= 4 is 0 Å². The van der Waals surface area contributed by atoms with E-state index in [2.05, 4.69) is 11.1 Å². The number of hydrogen-bond acceptors (Lipinski definition) is 3. The summed E-state index contributed by atoms with van der Waals surface area (Å²) >= 11 is 0. The molecule has 0 spiro atoms. The fourth-order valence-corrected chi connectivity index (χ4v) is 1.55. The van der Waals surface area contributed by atoms with E-state index in [1.165, 1.54) is 0 Å². The van der Waals surface area contributed by atoms with Crippen LogP contribution >= 0.6 is 0 Å². The van der Waals surface area contributed by atoms with Gasteiger partial charge in [0.2, 0.25) is 0 Å². The lowest BCUT2D eigenvalue weighted by Gasteiger charge is -2.03. The fourth-order valence-electron chi connectivity index (χ4n) is 1.55. The van der Waals surface area contributed by atoms with Crippen LogP contribution < -0.4 is 0 Å². The third-order valence-electron chi connectivity index (χ3n) is 2.34. The molecule has 0 atom stereocenters. The second kappa shape index (κ2) is 4.60. The zero-order valence-corrected chi connectivity index (χ0v) is 8.67. The molecule has 0 aliphatic heterocycles. The fraction of sp³-hybridized carbons (Fsp3) is 0.167. The van der Waals surface area contributed by atoms with Crippen LogP contribution in [0.5, 0.6) is 0 Å². The van der Waals surface area contributed by atoms with Gasteiger partial charge in [-0.3, -0.25) is 0 Å². The van der Waals surface area contributed by atoms with Gasteiger partial charge in [-0.05, 0) is 17.7 Å². The highest BCUT2D eigenvalue weighted by atomic mass is 16.3. The molecule has 0 saturated carbocycles. The summed E-state index contributed by atoms with van der Waals surface area (Å²) in [5.41, 5.74) is 2.19. The molecule has 4 nitrogen and oxygen atoms in total. The summed E-state index contributed by atoms with van der Waals surface area (Å²) in [7, 11) is 0. The van der Waals surface area contributed by atoms with Crippen molar-refractivity contribution in [2.75, 3.05) is 0 Å². The molecule has 0 amide bonds. The van der Waals surface area contributed by atoms with E-state index in [9.17, 15) is 0 Å². The lowest BCUT2D eigenvalue weighted by Crippen LogP contribution is -2.00. The number of rotatable bonds is 3. The standard InChI is InChI=1S/C12H11N3O/c13-6-12-11(2-1-4-14-12)8-15-5-3-10(7-15)9-16/h1-5,7,16H,8-9H2. The second-order valence-electron chi connectivity index (χ2n) is 3.47. The van der Waals surface area contributed by atoms with Crippen LogP contribution in [-0.4, -0.2) is 14.7 Å². The highest BCUT2D eigenvalue weighted by Crippen LogP contribution is 2.08. The number of hydrogen-bond donors (Lipinski definition) is 1. The molecule has 0 fully saturated rings. The Labute approximate surface area is 93.4 Å². The van der Waals surface area contributed by atoms with E-state index in [1.54, 1.807) is 6.20 Å². The van der Waals surface area contributed by atoms with Gasteiger partial charge in [-0.25, -0.2) is 4.98 Å². The molecule has 2 aromatic heterocycles. The quantitative estimate of drug-likeness (QED) is 0.835. The van der Waals surface area contributed by atoms with Gasteiger partial charge in [0.05, 0.1) is 6.61 Å². The van der Waals surface area contributed by atoms with Crippen LogP contribution in [-0.2, 0) is 13.2 Å². The van der Waals surface area contributed by atoms with E-state index < -0.39 is 0 Å². The van der Waals surface area contributed by atoms with Gasteiger partial charge >= 0.3 is 0 Å². The summed E-state index contributed by atoms with van der Waals surface area (Å²) in [6.45, 7) is 0.627. The van der Waals surface area contributed by atoms with Crippen molar-refractivity contribution in [2.45, 2.75) is 13.2 Å². The van der Waals surface area contributed by atoms with Crippen LogP contribution in [0.25, 0.3) is 0 Å². The van der Waals surface area contributed by atoms with Crippen molar-refractivity contribution in [2.24, 2.45) is 0 Å². The number of nitrogens with zero attached hydrogens (tertiary/aromatic N) is 3. The average molecular weight is 213 g/mol. The molecule has 0 radical (unpaired) electrons. The van der Waals surface area contributed by atoms with Crippen LogP contribution in [0, 0.1) is 11.3 Å². The van der Waals surface area contributed by atoms with Crippen molar-refractivity contribution in [3.05, 3.63) is 53.6 Å². The predicted octanol–water partition coefficient (Wildman–Crippen LogP) is 1.30. The minimum absolute atomic E-state index is 0.0329. The number of aliphatic hydroxyl groups excluding tert-OH is 1. The van der Waals surface area contributed by atoms with E-state index in [0.29, 0.717) is 12.2 Å². The highest BCUT2D eigenvalue weighted by Gasteiger charge is 2.03. The van der Waals surface area contributed by atoms with E-state index in [0.717, 1.165) is 11.1 Å². The first-order valence-corrected chi connectivity index (χ1v) is 4.93. The smallest absolute Gasteiger partial charge is 0.145 e. The van der Waals surface area contributed by atoms with Gasteiger partial charge in [0.15, 0.2) is 0 Å². The molecule has 0 aliphatic carbocycles. The zero-order chi connectivity index (χ0) is 11.4. The normalized spacial score (nSPS) is 10.0. The van der Waals surface area contributed by atoms with Gasteiger partial charge in [0.1, 0.15) is 11.8 Å². The van der Waals surface area contributed by atoms with Crippen molar-refractivity contribution in [3.63, 3.8) is 0 Å². The molecular weight excluding hydrogens is 202 g/mol. The third kappa shape index (κ3) is 2.10. The Kier molecular flexibility index (Phi) is 2.99. The largest absolute Gasteiger partial charge is 0.392 e. The molecule has 0 aliphatic rings. The van der Waals surface area contributed by atoms with E-state index in [1.807, 2.05) is 35.2 Å². The number of aliphatic hydroxyl groups is 1. The van der Waals surface area contributed by atoms with Crippen LogP contribution in [0.15, 0.2) is 36.8 Å². The van der Waals surface area contributed by atoms with Crippen molar-refractivity contribution in [1.82, 2.24) is 9.55 Å². The van der Waals surface area contributed by atoms with Crippen molar-refractivity contribution in [1.29, 1.82) is 5.26 Å². The van der Waals surface area contributed by atoms with Gasteiger partial charge in [-0.15, -0.1) is 0 Å². The maximum absolute atomic E-state index is 8.94. The van der Waals surface area contributed by atoms with E-state index in [-0.39, 0.29) is 6.61 Å². The summed E-state index contributed by atoms with van der Waals surface area (Å²) in [4.78, 5) is 4.00. The molecule has 0 saturated heterocycles. The number of nitriles is 1. The molecule has 2 rings (SSSR count). The molecule has 2 aromatic rings. The zero-order valence-electron chi connectivity index (χ0n) is 8.67. The van der Waals surface area contributed by atoms with Crippen molar-refractivity contribution < 1.29 is 5.11 Å². The Morgan fingerprint density at radius 2 is 2.31 bits per heavy atom. The molecule has 80 valence electrons. The Hall–Kier alpha value is -2.12. The molecule has 16 heavy (non-hydrogen) atoms. The minimum Gasteiger partial charge on any atom is -0.392 e. The number of aromatic nitrogens is 2. The molecule has 0 bridgehead atoms. The van der Waals surface area contributed by atoms with Gasteiger partial charge in [-0.2, -0.15) is 5.26 Å². The predicted molar refractivity (Wildman–Crippen MR) is 58.4 cm³/mol. The minimum atomic E-state index is 0.0329. The molecule has 1 N–H and O–H groups in total. The van der Waals surface area contributed by atoms with Gasteiger partial charge in [0.25, 0.3) is 0 Å². The van der Waals surface area contributed by atoms with Crippen LogP contribution in [0.3, 0.4) is 0 Å². The summed E-state index contributed by atoms with van der Waals surface area (Å²) in [5, 5.41) is 17.8. The van der Waals surface area contributed by atoms with E-state index >= 15 is 0 Å². The lowest BCUT2D eigenvalue weighted by atomic mass is 10.2. The SMILES string of the molecule is N#Cc1ncccc1Cn1ccc(CO)c1. The first-order chi connectivity index (χ1) is 7.83. The van der Waals surface area contributed by atoms with Crippen LogP contribution in [0.4, 0.5) is 0 Å². The van der Waals surface area contributed by atoms with Gasteiger partial charge in [0, 0.05) is 30.7 Å². The van der Waals surface area contributed by atoms with Gasteiger partial charge in [-0.1, -0.05) is 6.07 Å². The van der Waals surface area contributed by atoms with Gasteiger partial charge < -0.3 is 9.67 Å². The average Bonchev–Trinajstić information content (AvgIpc) is 2.77. The summed E-state index contributed by atoms with van der Waals surface area (Å²) in [6, 6.07) is 7.60. The van der Waals surface area contributed by atoms with E-state index in [4.69, 9.17) is 10.4 Å². The molecule has 2 heterocycles. The number of pyridine rings is 1. The van der Waals surface area contributed by atoms with Crippen LogP contribution in [0.1, 0.15) is 16.8 Å². The Morgan fingerprint density at radius 3 is 3.00 bits per heavy atom. The summed E-state index contributed by atoms with van der Waals surface area (Å²) in [6.07, 6.45) is 5.34. The first-order valence-electron chi connectivity index (χ1n) is 4.93. The Morgan fingerprint density at radius 1 is 1.44 bits per heavy atom. The summed E-state index contributed by atoms with van der Waals surface area (Å²) in [5.74, 6) is 0. The van der Waals surface area contributed by atoms with Crippen molar-refractivity contribution in [3.8, 4) is 6.07 Å². The Bertz CT molecular complexity index is 525. The monoisotopic (exact) mass is 213 g/mol. The molecule has 0 unspecified atom stereocenters. The topological polar surface area (TPSA) is 61.8 Å². The molecule has 0 aromatic carbocycles. The molecular formula is C12H11N3O. The first kappa shape index (κ1) is 10.4. The van der Waals surface area contributed by atoms with Crippen LogP contribution in [0.2, 0.25) is 0 Å². The summed E-state index contributed by atoms with van der Waals surface area (Å²) < 4.78 is 1.92. The molecule has 4 heteroatoms.